The first kappa shape index (κ1) is 20.5. The Hall–Kier alpha value is -3.26. The zero-order chi connectivity index (χ0) is 21.0. The fourth-order valence-corrected chi connectivity index (χ4v) is 3.34. The average Bonchev–Trinajstić information content (AvgIpc) is 2.73. The summed E-state index contributed by atoms with van der Waals surface area (Å²) in [5, 5.41) is 3.30. The summed E-state index contributed by atoms with van der Waals surface area (Å²) in [4.78, 5) is 39.7. The van der Waals surface area contributed by atoms with Crippen molar-refractivity contribution < 1.29 is 14.3 Å². The fourth-order valence-electron chi connectivity index (χ4n) is 3.05. The molecule has 0 aliphatic rings. The van der Waals surface area contributed by atoms with Crippen LogP contribution in [0, 0.1) is 4.77 Å². The number of amides is 1. The van der Waals surface area contributed by atoms with E-state index in [1.54, 1.807) is 6.07 Å². The number of hydrogen-bond acceptors (Lipinski definition) is 5. The Kier molecular flexibility index (Phi) is 6.23. The summed E-state index contributed by atoms with van der Waals surface area (Å²) < 4.78 is 6.23. The van der Waals surface area contributed by atoms with E-state index >= 15 is 0 Å². The smallest absolute Gasteiger partial charge is 0.337 e. The lowest BCUT2D eigenvalue weighted by Gasteiger charge is -2.15. The number of nitrogens with one attached hydrogen (secondary N) is 2. The van der Waals surface area contributed by atoms with Gasteiger partial charge in [-0.05, 0) is 42.9 Å². The van der Waals surface area contributed by atoms with Gasteiger partial charge in [0, 0.05) is 13.0 Å². The first-order valence-corrected chi connectivity index (χ1v) is 9.51. The number of carbonyl (C=O) groups excluding carboxylic acids is 2. The predicted octanol–water partition coefficient (Wildman–Crippen LogP) is 3.11. The van der Waals surface area contributed by atoms with E-state index in [1.165, 1.54) is 23.8 Å². The Morgan fingerprint density at radius 2 is 1.93 bits per heavy atom. The number of aromatic nitrogens is 2. The van der Waals surface area contributed by atoms with Crippen molar-refractivity contribution in [2.45, 2.75) is 25.9 Å². The fraction of sp³-hybridized carbons (Fsp3) is 0.238. The van der Waals surface area contributed by atoms with Gasteiger partial charge in [-0.25, -0.2) is 4.79 Å². The predicted molar refractivity (Wildman–Crippen MR) is 112 cm³/mol. The van der Waals surface area contributed by atoms with Crippen molar-refractivity contribution in [3.8, 4) is 0 Å². The number of fused-ring (bicyclic) bond motifs is 1. The highest BCUT2D eigenvalue weighted by Crippen LogP contribution is 2.13. The van der Waals surface area contributed by atoms with Crippen molar-refractivity contribution in [3.63, 3.8) is 0 Å². The number of nitrogens with zero attached hydrogens (tertiary/aromatic N) is 1. The summed E-state index contributed by atoms with van der Waals surface area (Å²) >= 11 is 5.28. The summed E-state index contributed by atoms with van der Waals surface area (Å²) in [6, 6.07) is 14.1. The van der Waals surface area contributed by atoms with Gasteiger partial charge in [0.05, 0.1) is 29.6 Å². The zero-order valence-corrected chi connectivity index (χ0v) is 16.9. The Bertz CT molecular complexity index is 1170. The quantitative estimate of drug-likeness (QED) is 0.480. The molecule has 0 fully saturated rings. The molecule has 0 aliphatic carbocycles. The van der Waals surface area contributed by atoms with Gasteiger partial charge in [0.2, 0.25) is 5.91 Å². The van der Waals surface area contributed by atoms with E-state index in [1.807, 2.05) is 37.3 Å². The molecule has 1 heterocycles. The lowest BCUT2D eigenvalue weighted by molar-refractivity contribution is -0.122. The highest BCUT2D eigenvalue weighted by molar-refractivity contribution is 7.71. The first-order valence-electron chi connectivity index (χ1n) is 9.10. The maximum Gasteiger partial charge on any atom is 0.337 e. The van der Waals surface area contributed by atoms with Crippen LogP contribution in [-0.4, -0.2) is 28.5 Å². The molecule has 1 amide bonds. The summed E-state index contributed by atoms with van der Waals surface area (Å²) in [6.45, 7) is 2.05. The Balaban J connectivity index is 1.76. The molecule has 2 aromatic carbocycles. The van der Waals surface area contributed by atoms with Crippen molar-refractivity contribution >= 4 is 35.0 Å². The number of H-pyrrole nitrogens is 1. The first-order chi connectivity index (χ1) is 13.9. The molecule has 29 heavy (non-hydrogen) atoms. The van der Waals surface area contributed by atoms with Crippen LogP contribution in [0.3, 0.4) is 0 Å². The molecule has 1 atom stereocenters. The molecule has 0 saturated heterocycles. The van der Waals surface area contributed by atoms with Crippen LogP contribution < -0.4 is 10.9 Å². The van der Waals surface area contributed by atoms with Gasteiger partial charge >= 0.3 is 5.97 Å². The second kappa shape index (κ2) is 8.83. The van der Waals surface area contributed by atoms with Crippen molar-refractivity contribution in [1.82, 2.24) is 14.9 Å². The molecule has 1 unspecified atom stereocenters. The van der Waals surface area contributed by atoms with Crippen molar-refractivity contribution in [1.29, 1.82) is 0 Å². The number of carbonyl (C=O) groups is 2. The number of rotatable bonds is 6. The van der Waals surface area contributed by atoms with E-state index in [4.69, 9.17) is 17.0 Å². The van der Waals surface area contributed by atoms with Gasteiger partial charge < -0.3 is 15.0 Å². The van der Waals surface area contributed by atoms with Gasteiger partial charge in [0.25, 0.3) is 5.56 Å². The summed E-state index contributed by atoms with van der Waals surface area (Å²) in [7, 11) is 1.29. The van der Waals surface area contributed by atoms with Crippen LogP contribution >= 0.6 is 12.2 Å². The van der Waals surface area contributed by atoms with Crippen LogP contribution in [0.15, 0.2) is 53.3 Å². The number of aromatic amines is 1. The van der Waals surface area contributed by atoms with Gasteiger partial charge in [0.15, 0.2) is 4.77 Å². The Morgan fingerprint density at radius 1 is 1.21 bits per heavy atom. The minimum Gasteiger partial charge on any atom is -0.465 e. The highest BCUT2D eigenvalue weighted by Gasteiger charge is 2.13. The third-order valence-electron chi connectivity index (χ3n) is 4.64. The lowest BCUT2D eigenvalue weighted by atomic mass is 10.1. The van der Waals surface area contributed by atoms with Gasteiger partial charge in [-0.3, -0.25) is 14.2 Å². The van der Waals surface area contributed by atoms with Crippen LogP contribution in [0.2, 0.25) is 0 Å². The number of benzene rings is 2. The average molecular weight is 411 g/mol. The van der Waals surface area contributed by atoms with E-state index in [9.17, 15) is 14.4 Å². The van der Waals surface area contributed by atoms with Gasteiger partial charge in [-0.1, -0.05) is 30.3 Å². The van der Waals surface area contributed by atoms with Crippen LogP contribution in [0.4, 0.5) is 0 Å². The molecule has 0 spiro atoms. The number of esters is 1. The van der Waals surface area contributed by atoms with Crippen LogP contribution in [0.1, 0.15) is 35.3 Å². The number of hydrogen-bond donors (Lipinski definition) is 2. The molecule has 1 aromatic heterocycles. The molecule has 0 saturated carbocycles. The minimum absolute atomic E-state index is 0.111. The van der Waals surface area contributed by atoms with E-state index < -0.39 is 5.97 Å². The van der Waals surface area contributed by atoms with Crippen LogP contribution in [0.5, 0.6) is 0 Å². The molecule has 8 heteroatoms. The van der Waals surface area contributed by atoms with Crippen LogP contribution in [0.25, 0.3) is 10.9 Å². The van der Waals surface area contributed by atoms with E-state index in [-0.39, 0.29) is 35.2 Å². The standard InChI is InChI=1S/C21H21N3O4S/c1-13(14-6-4-3-5-7-14)22-18(25)10-11-24-19(26)16-9-8-15(20(27)28-2)12-17(16)23-21(24)29/h3-9,12-13H,10-11H2,1-2H3,(H,22,25)(H,23,29). The second-order valence-electron chi connectivity index (χ2n) is 6.59. The molecule has 3 aromatic rings. The highest BCUT2D eigenvalue weighted by atomic mass is 32.1. The monoisotopic (exact) mass is 411 g/mol. The molecule has 0 aliphatic heterocycles. The number of methoxy groups -OCH3 is 1. The minimum atomic E-state index is -0.500. The SMILES string of the molecule is COC(=O)c1ccc2c(=O)n(CCC(=O)NC(C)c3ccccc3)c(=S)[nH]c2c1. The maximum atomic E-state index is 12.8. The van der Waals surface area contributed by atoms with Crippen molar-refractivity contribution in [2.24, 2.45) is 0 Å². The Morgan fingerprint density at radius 3 is 2.62 bits per heavy atom. The molecule has 0 bridgehead atoms. The van der Waals surface area contributed by atoms with Crippen molar-refractivity contribution in [3.05, 3.63) is 74.8 Å². The molecular formula is C21H21N3O4S. The third kappa shape index (κ3) is 4.60. The lowest BCUT2D eigenvalue weighted by Crippen LogP contribution is -2.30. The molecule has 2 N–H and O–H groups in total. The van der Waals surface area contributed by atoms with Crippen LogP contribution in [-0.2, 0) is 16.1 Å². The largest absolute Gasteiger partial charge is 0.465 e. The summed E-state index contributed by atoms with van der Waals surface area (Å²) in [5.74, 6) is -0.677. The van der Waals surface area contributed by atoms with Crippen molar-refractivity contribution in [2.75, 3.05) is 7.11 Å². The maximum absolute atomic E-state index is 12.8. The van der Waals surface area contributed by atoms with Gasteiger partial charge in [-0.2, -0.15) is 0 Å². The van der Waals surface area contributed by atoms with Gasteiger partial charge in [0.1, 0.15) is 0 Å². The molecule has 0 radical (unpaired) electrons. The van der Waals surface area contributed by atoms with E-state index in [0.717, 1.165) is 5.56 Å². The topological polar surface area (TPSA) is 93.2 Å². The van der Waals surface area contributed by atoms with Gasteiger partial charge in [-0.15, -0.1) is 0 Å². The summed E-state index contributed by atoms with van der Waals surface area (Å²) in [5.41, 5.74) is 1.45. The third-order valence-corrected chi connectivity index (χ3v) is 4.96. The zero-order valence-electron chi connectivity index (χ0n) is 16.1. The van der Waals surface area contributed by atoms with E-state index in [2.05, 4.69) is 10.3 Å². The molecular weight excluding hydrogens is 390 g/mol. The van der Waals surface area contributed by atoms with E-state index in [0.29, 0.717) is 16.5 Å². The molecule has 150 valence electrons. The molecule has 3 rings (SSSR count). The number of ether oxygens (including phenoxy) is 1. The summed E-state index contributed by atoms with van der Waals surface area (Å²) in [6.07, 6.45) is 0.111. The molecule has 7 nitrogen and oxygen atoms in total. The normalized spacial score (nSPS) is 11.8. The Labute approximate surface area is 172 Å². The second-order valence-corrected chi connectivity index (χ2v) is 6.98.